The van der Waals surface area contributed by atoms with Crippen LogP contribution in [0.3, 0.4) is 0 Å². The number of rotatable bonds is 7. The highest BCUT2D eigenvalue weighted by atomic mass is 16.5. The largest absolute Gasteiger partial charge is 0.497 e. The average Bonchev–Trinajstić information content (AvgIpc) is 3.44. The lowest BCUT2D eigenvalue weighted by Crippen LogP contribution is -2.36. The molecule has 0 atom stereocenters. The smallest absolute Gasteiger partial charge is 0.261 e. The highest BCUT2D eigenvalue weighted by Gasteiger charge is 2.32. The molecule has 1 saturated carbocycles. The van der Waals surface area contributed by atoms with Gasteiger partial charge in [0.15, 0.2) is 6.61 Å². The van der Waals surface area contributed by atoms with Gasteiger partial charge in [0.1, 0.15) is 11.5 Å². The molecule has 0 N–H and O–H groups in total. The van der Waals surface area contributed by atoms with Crippen molar-refractivity contribution >= 4 is 5.91 Å². The molecule has 0 aliphatic heterocycles. The molecule has 1 amide bonds. The summed E-state index contributed by atoms with van der Waals surface area (Å²) in [6, 6.07) is 17.7. The molecule has 4 heteroatoms. The van der Waals surface area contributed by atoms with Gasteiger partial charge in [0.2, 0.25) is 0 Å². The third-order valence-corrected chi connectivity index (χ3v) is 3.93. The first-order valence-electron chi connectivity index (χ1n) is 7.86. The maximum atomic E-state index is 12.5. The Morgan fingerprint density at radius 2 is 1.70 bits per heavy atom. The number of hydrogen-bond acceptors (Lipinski definition) is 3. The fraction of sp³-hybridized carbons (Fsp3) is 0.316. The van der Waals surface area contributed by atoms with Crippen molar-refractivity contribution in [1.82, 2.24) is 4.90 Å². The van der Waals surface area contributed by atoms with E-state index in [1.165, 1.54) is 0 Å². The third-order valence-electron chi connectivity index (χ3n) is 3.93. The highest BCUT2D eigenvalue weighted by Crippen LogP contribution is 2.28. The van der Waals surface area contributed by atoms with Crippen LogP contribution in [0.1, 0.15) is 18.4 Å². The van der Waals surface area contributed by atoms with Crippen molar-refractivity contribution in [3.63, 3.8) is 0 Å². The molecular weight excluding hydrogens is 290 g/mol. The summed E-state index contributed by atoms with van der Waals surface area (Å²) in [6.45, 7) is 0.714. The summed E-state index contributed by atoms with van der Waals surface area (Å²) in [5.41, 5.74) is 1.15. The van der Waals surface area contributed by atoms with E-state index in [2.05, 4.69) is 0 Å². The maximum absolute atomic E-state index is 12.5. The summed E-state index contributed by atoms with van der Waals surface area (Å²) in [4.78, 5) is 14.4. The van der Waals surface area contributed by atoms with Crippen LogP contribution in [-0.2, 0) is 11.3 Å². The molecule has 0 radical (unpaired) electrons. The van der Waals surface area contributed by atoms with Crippen LogP contribution in [0.2, 0.25) is 0 Å². The Hall–Kier alpha value is -2.49. The Bertz CT molecular complexity index is 635. The van der Waals surface area contributed by atoms with Crippen LogP contribution in [0.25, 0.3) is 0 Å². The topological polar surface area (TPSA) is 38.8 Å². The van der Waals surface area contributed by atoms with E-state index in [4.69, 9.17) is 9.47 Å². The summed E-state index contributed by atoms with van der Waals surface area (Å²) in [7, 11) is 1.62. The van der Waals surface area contributed by atoms with Crippen molar-refractivity contribution in [3.8, 4) is 11.5 Å². The molecule has 0 unspecified atom stereocenters. The van der Waals surface area contributed by atoms with Crippen LogP contribution in [-0.4, -0.2) is 30.6 Å². The van der Waals surface area contributed by atoms with Crippen LogP contribution < -0.4 is 9.47 Å². The first-order valence-corrected chi connectivity index (χ1v) is 7.86. The molecular formula is C19H21NO3. The van der Waals surface area contributed by atoms with E-state index in [-0.39, 0.29) is 12.5 Å². The normalized spacial score (nSPS) is 13.4. The van der Waals surface area contributed by atoms with Gasteiger partial charge in [0.05, 0.1) is 7.11 Å². The Morgan fingerprint density at radius 3 is 2.30 bits per heavy atom. The average molecular weight is 311 g/mol. The summed E-state index contributed by atoms with van der Waals surface area (Å²) < 4.78 is 10.7. The first-order chi connectivity index (χ1) is 11.3. The Labute approximate surface area is 136 Å². The number of ether oxygens (including phenoxy) is 2. The second-order valence-electron chi connectivity index (χ2n) is 5.70. The first kappa shape index (κ1) is 15.4. The zero-order valence-corrected chi connectivity index (χ0v) is 13.3. The number of methoxy groups -OCH3 is 1. The van der Waals surface area contributed by atoms with Crippen molar-refractivity contribution in [2.75, 3.05) is 13.7 Å². The van der Waals surface area contributed by atoms with Crippen LogP contribution in [0.5, 0.6) is 11.5 Å². The van der Waals surface area contributed by atoms with E-state index in [1.807, 2.05) is 59.5 Å². The summed E-state index contributed by atoms with van der Waals surface area (Å²) in [5.74, 6) is 1.48. The molecule has 2 aromatic rings. The quantitative estimate of drug-likeness (QED) is 0.788. The number of hydrogen-bond donors (Lipinski definition) is 0. The lowest BCUT2D eigenvalue weighted by atomic mass is 10.2. The van der Waals surface area contributed by atoms with E-state index in [0.717, 1.165) is 24.2 Å². The monoisotopic (exact) mass is 311 g/mol. The molecule has 120 valence electrons. The number of benzene rings is 2. The van der Waals surface area contributed by atoms with Gasteiger partial charge in [-0.2, -0.15) is 0 Å². The lowest BCUT2D eigenvalue weighted by molar-refractivity contribution is -0.134. The van der Waals surface area contributed by atoms with Crippen molar-refractivity contribution in [2.45, 2.75) is 25.4 Å². The van der Waals surface area contributed by atoms with Gasteiger partial charge in [0, 0.05) is 12.6 Å². The van der Waals surface area contributed by atoms with Crippen molar-refractivity contribution in [1.29, 1.82) is 0 Å². The van der Waals surface area contributed by atoms with Gasteiger partial charge in [-0.3, -0.25) is 4.79 Å². The molecule has 0 heterocycles. The number of carbonyl (C=O) groups is 1. The number of amides is 1. The summed E-state index contributed by atoms with van der Waals surface area (Å²) in [5, 5.41) is 0. The lowest BCUT2D eigenvalue weighted by Gasteiger charge is -2.22. The van der Waals surface area contributed by atoms with Gasteiger partial charge in [0.25, 0.3) is 5.91 Å². The van der Waals surface area contributed by atoms with Crippen molar-refractivity contribution in [2.24, 2.45) is 0 Å². The van der Waals surface area contributed by atoms with Crippen LogP contribution >= 0.6 is 0 Å². The number of nitrogens with zero attached hydrogens (tertiary/aromatic N) is 1. The van der Waals surface area contributed by atoms with Gasteiger partial charge in [-0.1, -0.05) is 30.3 Å². The summed E-state index contributed by atoms with van der Waals surface area (Å²) >= 11 is 0. The minimum atomic E-state index is 0.0344. The fourth-order valence-corrected chi connectivity index (χ4v) is 2.49. The van der Waals surface area contributed by atoms with Crippen molar-refractivity contribution < 1.29 is 14.3 Å². The van der Waals surface area contributed by atoms with Crippen LogP contribution in [0.15, 0.2) is 54.6 Å². The maximum Gasteiger partial charge on any atom is 0.261 e. The summed E-state index contributed by atoms with van der Waals surface area (Å²) in [6.07, 6.45) is 2.17. The third kappa shape index (κ3) is 4.25. The van der Waals surface area contributed by atoms with Crippen LogP contribution in [0.4, 0.5) is 0 Å². The molecule has 4 nitrogen and oxygen atoms in total. The standard InChI is InChI=1S/C19H21NO3/c1-22-17-9-11-18(12-10-17)23-14-19(21)20(16-7-8-16)13-15-5-3-2-4-6-15/h2-6,9-12,16H,7-8,13-14H2,1H3. The molecule has 23 heavy (non-hydrogen) atoms. The van der Waals surface area contributed by atoms with E-state index in [9.17, 15) is 4.79 Å². The Kier molecular flexibility index (Phi) is 4.81. The molecule has 3 rings (SSSR count). The molecule has 1 fully saturated rings. The fourth-order valence-electron chi connectivity index (χ4n) is 2.49. The van der Waals surface area contributed by atoms with E-state index in [1.54, 1.807) is 7.11 Å². The second kappa shape index (κ2) is 7.18. The van der Waals surface area contributed by atoms with Gasteiger partial charge in [-0.25, -0.2) is 0 Å². The highest BCUT2D eigenvalue weighted by molar-refractivity contribution is 5.78. The zero-order valence-electron chi connectivity index (χ0n) is 13.3. The minimum absolute atomic E-state index is 0.0344. The molecule has 1 aliphatic rings. The molecule has 0 bridgehead atoms. The second-order valence-corrected chi connectivity index (χ2v) is 5.70. The molecule has 2 aromatic carbocycles. The molecule has 0 aromatic heterocycles. The van der Waals surface area contributed by atoms with Gasteiger partial charge in [-0.05, 0) is 42.7 Å². The number of carbonyl (C=O) groups excluding carboxylic acids is 1. The minimum Gasteiger partial charge on any atom is -0.497 e. The van der Waals surface area contributed by atoms with Gasteiger partial charge >= 0.3 is 0 Å². The Morgan fingerprint density at radius 1 is 1.04 bits per heavy atom. The van der Waals surface area contributed by atoms with Gasteiger partial charge in [-0.15, -0.1) is 0 Å². The molecule has 0 saturated heterocycles. The van der Waals surface area contributed by atoms with Crippen molar-refractivity contribution in [3.05, 3.63) is 60.2 Å². The SMILES string of the molecule is COc1ccc(OCC(=O)N(Cc2ccccc2)C2CC2)cc1. The predicted octanol–water partition coefficient (Wildman–Crippen LogP) is 3.27. The molecule has 0 spiro atoms. The Balaban J connectivity index is 1.58. The van der Waals surface area contributed by atoms with E-state index >= 15 is 0 Å². The van der Waals surface area contributed by atoms with E-state index in [0.29, 0.717) is 18.3 Å². The predicted molar refractivity (Wildman–Crippen MR) is 88.5 cm³/mol. The van der Waals surface area contributed by atoms with E-state index < -0.39 is 0 Å². The van der Waals surface area contributed by atoms with Crippen LogP contribution in [0, 0.1) is 0 Å². The zero-order chi connectivity index (χ0) is 16.1. The van der Waals surface area contributed by atoms with Gasteiger partial charge < -0.3 is 14.4 Å². The molecule has 1 aliphatic carbocycles.